The number of carbonyl (C=O) groups excluding carboxylic acids is 1. The average Bonchev–Trinajstić information content (AvgIpc) is 2.54. The Morgan fingerprint density at radius 1 is 1.52 bits per heavy atom. The van der Waals surface area contributed by atoms with Crippen molar-refractivity contribution in [2.45, 2.75) is 11.7 Å². The van der Waals surface area contributed by atoms with Gasteiger partial charge in [0.2, 0.25) is 0 Å². The Morgan fingerprint density at radius 3 is 3.19 bits per heavy atom. The molecule has 0 bridgehead atoms. The van der Waals surface area contributed by atoms with Gasteiger partial charge in [0.25, 0.3) is 5.91 Å². The first kappa shape index (κ1) is 16.2. The van der Waals surface area contributed by atoms with Crippen molar-refractivity contribution >= 4 is 29.4 Å². The highest BCUT2D eigenvalue weighted by Gasteiger charge is 2.17. The third-order valence-electron chi connectivity index (χ3n) is 2.86. The van der Waals surface area contributed by atoms with Gasteiger partial charge in [0.05, 0.1) is 12.2 Å². The first-order valence-electron chi connectivity index (χ1n) is 6.83. The molecular formula is C15H18N2O2S2. The maximum absolute atomic E-state index is 12.2. The van der Waals surface area contributed by atoms with E-state index < -0.39 is 0 Å². The third-order valence-corrected chi connectivity index (χ3v) is 5.70. The van der Waals surface area contributed by atoms with Crippen molar-refractivity contribution in [2.75, 3.05) is 30.4 Å². The molecule has 1 aromatic heterocycles. The number of hydrogen-bond donors (Lipinski definition) is 2. The third kappa shape index (κ3) is 5.27. The number of aliphatic hydroxyl groups is 1. The largest absolute Gasteiger partial charge is 0.395 e. The molecule has 21 heavy (non-hydrogen) atoms. The monoisotopic (exact) mass is 322 g/mol. The number of nitrogens with one attached hydrogen (secondary N) is 1. The van der Waals surface area contributed by atoms with Crippen LogP contribution in [0.4, 0.5) is 0 Å². The van der Waals surface area contributed by atoms with Crippen LogP contribution in [0.1, 0.15) is 22.5 Å². The van der Waals surface area contributed by atoms with E-state index in [1.54, 1.807) is 18.3 Å². The number of pyridine rings is 1. The predicted octanol–water partition coefficient (Wildman–Crippen LogP) is 1.39. The molecule has 6 heteroatoms. The SMILES string of the molecule is O=C(NCC1CSCCS1)c1ncccc1C#CCCO. The molecule has 0 aliphatic carbocycles. The van der Waals surface area contributed by atoms with Gasteiger partial charge >= 0.3 is 0 Å². The summed E-state index contributed by atoms with van der Waals surface area (Å²) in [5, 5.41) is 12.2. The van der Waals surface area contributed by atoms with Crippen LogP contribution in [0.2, 0.25) is 0 Å². The van der Waals surface area contributed by atoms with Gasteiger partial charge in [0, 0.05) is 41.7 Å². The van der Waals surface area contributed by atoms with E-state index in [4.69, 9.17) is 5.11 Å². The summed E-state index contributed by atoms with van der Waals surface area (Å²) in [5.41, 5.74) is 0.963. The molecule has 4 nitrogen and oxygen atoms in total. The van der Waals surface area contributed by atoms with E-state index in [0.29, 0.717) is 29.5 Å². The lowest BCUT2D eigenvalue weighted by molar-refractivity contribution is 0.0949. The minimum atomic E-state index is -0.180. The van der Waals surface area contributed by atoms with Gasteiger partial charge in [0.1, 0.15) is 5.69 Å². The normalized spacial score (nSPS) is 17.7. The van der Waals surface area contributed by atoms with Gasteiger partial charge in [-0.3, -0.25) is 4.79 Å². The van der Waals surface area contributed by atoms with E-state index in [2.05, 4.69) is 22.1 Å². The minimum Gasteiger partial charge on any atom is -0.395 e. The lowest BCUT2D eigenvalue weighted by Gasteiger charge is -2.21. The summed E-state index contributed by atoms with van der Waals surface area (Å²) in [6.07, 6.45) is 1.99. The number of carbonyl (C=O) groups is 1. The number of thioether (sulfide) groups is 2. The van der Waals surface area contributed by atoms with Gasteiger partial charge in [0.15, 0.2) is 0 Å². The topological polar surface area (TPSA) is 62.2 Å². The van der Waals surface area contributed by atoms with Gasteiger partial charge in [-0.25, -0.2) is 4.98 Å². The summed E-state index contributed by atoms with van der Waals surface area (Å²) in [6, 6.07) is 3.53. The molecule has 2 rings (SSSR count). The number of aliphatic hydroxyl groups excluding tert-OH is 1. The Hall–Kier alpha value is -1.16. The number of hydrogen-bond acceptors (Lipinski definition) is 5. The van der Waals surface area contributed by atoms with Crippen molar-refractivity contribution < 1.29 is 9.90 Å². The second kappa shape index (κ2) is 8.98. The molecule has 0 radical (unpaired) electrons. The molecule has 1 unspecified atom stereocenters. The van der Waals surface area contributed by atoms with Crippen molar-refractivity contribution in [3.8, 4) is 11.8 Å². The summed E-state index contributed by atoms with van der Waals surface area (Å²) in [7, 11) is 0. The molecule has 0 saturated carbocycles. The zero-order valence-electron chi connectivity index (χ0n) is 11.7. The quantitative estimate of drug-likeness (QED) is 0.821. The second-order valence-electron chi connectivity index (χ2n) is 4.45. The van der Waals surface area contributed by atoms with Crippen LogP contribution in [0, 0.1) is 11.8 Å². The molecule has 2 heterocycles. The zero-order valence-corrected chi connectivity index (χ0v) is 13.3. The van der Waals surface area contributed by atoms with Gasteiger partial charge in [-0.05, 0) is 12.1 Å². The highest BCUT2D eigenvalue weighted by atomic mass is 32.2. The Kier molecular flexibility index (Phi) is 6.93. The van der Waals surface area contributed by atoms with Crippen LogP contribution in [0.5, 0.6) is 0 Å². The minimum absolute atomic E-state index is 0.0192. The van der Waals surface area contributed by atoms with Gasteiger partial charge in [-0.15, -0.1) is 0 Å². The van der Waals surface area contributed by atoms with Crippen molar-refractivity contribution in [3.63, 3.8) is 0 Å². The van der Waals surface area contributed by atoms with Crippen molar-refractivity contribution in [3.05, 3.63) is 29.6 Å². The summed E-state index contributed by atoms with van der Waals surface area (Å²) >= 11 is 3.84. The smallest absolute Gasteiger partial charge is 0.271 e. The Morgan fingerprint density at radius 2 is 2.43 bits per heavy atom. The highest BCUT2D eigenvalue weighted by Crippen LogP contribution is 2.23. The zero-order chi connectivity index (χ0) is 14.9. The molecule has 1 amide bonds. The fraction of sp³-hybridized carbons (Fsp3) is 0.467. The highest BCUT2D eigenvalue weighted by molar-refractivity contribution is 8.06. The van der Waals surface area contributed by atoms with Gasteiger partial charge < -0.3 is 10.4 Å². The van der Waals surface area contributed by atoms with E-state index in [9.17, 15) is 4.79 Å². The second-order valence-corrected chi connectivity index (χ2v) is 7.01. The van der Waals surface area contributed by atoms with Crippen LogP contribution in [0.15, 0.2) is 18.3 Å². The van der Waals surface area contributed by atoms with E-state index in [-0.39, 0.29) is 12.5 Å². The van der Waals surface area contributed by atoms with Crippen LogP contribution >= 0.6 is 23.5 Å². The van der Waals surface area contributed by atoms with Crippen LogP contribution in [0.25, 0.3) is 0 Å². The van der Waals surface area contributed by atoms with E-state index in [1.807, 2.05) is 23.5 Å². The van der Waals surface area contributed by atoms with E-state index in [1.165, 1.54) is 5.75 Å². The maximum Gasteiger partial charge on any atom is 0.271 e. The summed E-state index contributed by atoms with van der Waals surface area (Å²) < 4.78 is 0. The Bertz CT molecular complexity index is 534. The standard InChI is InChI=1S/C15H18N2O2S2/c18-7-2-1-4-12-5-3-6-16-14(12)15(19)17-10-13-11-20-8-9-21-13/h3,5-6,13,18H,2,7-11H2,(H,17,19). The van der Waals surface area contributed by atoms with Gasteiger partial charge in [-0.1, -0.05) is 11.8 Å². The van der Waals surface area contributed by atoms with Crippen LogP contribution in [-0.4, -0.2) is 51.7 Å². The lowest BCUT2D eigenvalue weighted by atomic mass is 10.2. The first-order chi connectivity index (χ1) is 10.3. The molecule has 1 aromatic rings. The Labute approximate surface area is 133 Å². The number of aromatic nitrogens is 1. The van der Waals surface area contributed by atoms with Crippen LogP contribution in [0.3, 0.4) is 0 Å². The number of amides is 1. The van der Waals surface area contributed by atoms with E-state index in [0.717, 1.165) is 11.5 Å². The fourth-order valence-corrected chi connectivity index (χ4v) is 4.46. The van der Waals surface area contributed by atoms with Crippen LogP contribution < -0.4 is 5.32 Å². The first-order valence-corrected chi connectivity index (χ1v) is 9.04. The molecule has 1 atom stereocenters. The fourth-order valence-electron chi connectivity index (χ4n) is 1.85. The molecule has 2 N–H and O–H groups in total. The Balaban J connectivity index is 1.96. The molecule has 1 saturated heterocycles. The van der Waals surface area contributed by atoms with Crippen molar-refractivity contribution in [1.29, 1.82) is 0 Å². The number of nitrogens with zero attached hydrogens (tertiary/aromatic N) is 1. The molecule has 1 fully saturated rings. The van der Waals surface area contributed by atoms with Crippen LogP contribution in [-0.2, 0) is 0 Å². The predicted molar refractivity (Wildman–Crippen MR) is 88.7 cm³/mol. The summed E-state index contributed by atoms with van der Waals surface area (Å²) in [5.74, 6) is 8.95. The number of rotatable bonds is 4. The van der Waals surface area contributed by atoms with Gasteiger partial charge in [-0.2, -0.15) is 23.5 Å². The summed E-state index contributed by atoms with van der Waals surface area (Å²) in [6.45, 7) is 0.682. The molecule has 0 spiro atoms. The average molecular weight is 322 g/mol. The molecule has 1 aliphatic heterocycles. The lowest BCUT2D eigenvalue weighted by Crippen LogP contribution is -2.34. The van der Waals surface area contributed by atoms with Crippen molar-refractivity contribution in [1.82, 2.24) is 10.3 Å². The molecule has 0 aromatic carbocycles. The van der Waals surface area contributed by atoms with E-state index >= 15 is 0 Å². The maximum atomic E-state index is 12.2. The summed E-state index contributed by atoms with van der Waals surface area (Å²) in [4.78, 5) is 16.4. The molecule has 112 valence electrons. The van der Waals surface area contributed by atoms with Crippen molar-refractivity contribution in [2.24, 2.45) is 0 Å². The molecule has 1 aliphatic rings. The molecular weight excluding hydrogens is 304 g/mol.